The largest absolute Gasteiger partial charge is 0.261 e. The van der Waals surface area contributed by atoms with E-state index in [2.05, 4.69) is 4.98 Å². The molecule has 0 unspecified atom stereocenters. The molecule has 1 aliphatic rings. The summed E-state index contributed by atoms with van der Waals surface area (Å²) < 4.78 is 13.4. The predicted octanol–water partition coefficient (Wildman–Crippen LogP) is 3.22. The van der Waals surface area contributed by atoms with Crippen LogP contribution in [-0.2, 0) is 0 Å². The van der Waals surface area contributed by atoms with E-state index in [9.17, 15) is 4.39 Å². The molecule has 1 aromatic rings. The molecule has 0 bridgehead atoms. The Labute approximate surface area is 78.0 Å². The quantitative estimate of drug-likeness (QED) is 0.679. The van der Waals surface area contributed by atoms with Gasteiger partial charge in [0, 0.05) is 6.20 Å². The Kier molecular flexibility index (Phi) is 2.06. The summed E-state index contributed by atoms with van der Waals surface area (Å²) in [6, 6.07) is 0. The fourth-order valence-corrected chi connectivity index (χ4v) is 1.79. The van der Waals surface area contributed by atoms with Gasteiger partial charge >= 0.3 is 0 Å². The zero-order valence-corrected chi connectivity index (χ0v) is 8.05. The minimum atomic E-state index is -0.139. The molecule has 0 saturated heterocycles. The summed E-state index contributed by atoms with van der Waals surface area (Å²) in [5.41, 5.74) is 2.01. The Morgan fingerprint density at radius 3 is 2.62 bits per heavy atom. The average Bonchev–Trinajstić information content (AvgIpc) is 2.85. The summed E-state index contributed by atoms with van der Waals surface area (Å²) in [5.74, 6) is 0.707. The summed E-state index contributed by atoms with van der Waals surface area (Å²) in [5, 5.41) is 0. The zero-order chi connectivity index (χ0) is 9.42. The lowest BCUT2D eigenvalue weighted by molar-refractivity contribution is 0.586. The first-order valence-electron chi connectivity index (χ1n) is 4.83. The molecule has 2 heteroatoms. The molecule has 2 rings (SSSR count). The Balaban J connectivity index is 2.47. The van der Waals surface area contributed by atoms with Crippen molar-refractivity contribution in [2.24, 2.45) is 0 Å². The van der Waals surface area contributed by atoms with Crippen LogP contribution in [0.4, 0.5) is 4.39 Å². The van der Waals surface area contributed by atoms with Crippen LogP contribution in [0.2, 0.25) is 0 Å². The molecule has 1 aromatic heterocycles. The van der Waals surface area contributed by atoms with Crippen molar-refractivity contribution in [2.45, 2.75) is 38.5 Å². The topological polar surface area (TPSA) is 12.9 Å². The first-order chi connectivity index (χ1) is 6.20. The zero-order valence-electron chi connectivity index (χ0n) is 8.05. The van der Waals surface area contributed by atoms with E-state index in [4.69, 9.17) is 0 Å². The van der Waals surface area contributed by atoms with E-state index in [1.165, 1.54) is 19.0 Å². The lowest BCUT2D eigenvalue weighted by Crippen LogP contribution is -2.00. The van der Waals surface area contributed by atoms with Gasteiger partial charge in [0.1, 0.15) is 5.82 Å². The van der Waals surface area contributed by atoms with Crippen LogP contribution >= 0.6 is 0 Å². The SMILES string of the molecule is CC(C)c1c(F)cncc1C1CC1. The normalized spacial score (nSPS) is 16.6. The van der Waals surface area contributed by atoms with Crippen molar-refractivity contribution in [3.8, 4) is 0 Å². The lowest BCUT2D eigenvalue weighted by Gasteiger charge is -2.12. The molecule has 70 valence electrons. The third-order valence-electron chi connectivity index (χ3n) is 2.56. The first-order valence-corrected chi connectivity index (χ1v) is 4.83. The summed E-state index contributed by atoms with van der Waals surface area (Å²) >= 11 is 0. The maximum absolute atomic E-state index is 13.4. The number of aromatic nitrogens is 1. The molecular weight excluding hydrogens is 165 g/mol. The molecule has 0 aromatic carbocycles. The highest BCUT2D eigenvalue weighted by Gasteiger charge is 2.28. The van der Waals surface area contributed by atoms with Crippen molar-refractivity contribution in [1.82, 2.24) is 4.98 Å². The van der Waals surface area contributed by atoms with Gasteiger partial charge in [-0.3, -0.25) is 4.98 Å². The second kappa shape index (κ2) is 3.09. The smallest absolute Gasteiger partial charge is 0.145 e. The molecule has 1 nitrogen and oxygen atoms in total. The van der Waals surface area contributed by atoms with Crippen LogP contribution in [0.15, 0.2) is 12.4 Å². The number of nitrogens with zero attached hydrogens (tertiary/aromatic N) is 1. The van der Waals surface area contributed by atoms with Gasteiger partial charge in [0.05, 0.1) is 6.20 Å². The van der Waals surface area contributed by atoms with Gasteiger partial charge in [-0.15, -0.1) is 0 Å². The number of pyridine rings is 1. The Morgan fingerprint density at radius 2 is 2.08 bits per heavy atom. The third-order valence-corrected chi connectivity index (χ3v) is 2.56. The van der Waals surface area contributed by atoms with Crippen LogP contribution in [0.25, 0.3) is 0 Å². The molecule has 0 atom stereocenters. The molecule has 1 fully saturated rings. The summed E-state index contributed by atoms with van der Waals surface area (Å²) in [7, 11) is 0. The number of halogens is 1. The second-order valence-electron chi connectivity index (χ2n) is 4.05. The van der Waals surface area contributed by atoms with Crippen LogP contribution in [0.3, 0.4) is 0 Å². The van der Waals surface area contributed by atoms with Gasteiger partial charge < -0.3 is 0 Å². The lowest BCUT2D eigenvalue weighted by atomic mass is 9.96. The fraction of sp³-hybridized carbons (Fsp3) is 0.545. The van der Waals surface area contributed by atoms with Crippen LogP contribution < -0.4 is 0 Å². The van der Waals surface area contributed by atoms with Gasteiger partial charge in [0.25, 0.3) is 0 Å². The standard InChI is InChI=1S/C11H14FN/c1-7(2)11-9(8-3-4-8)5-13-6-10(11)12/h5-8H,3-4H2,1-2H3. The monoisotopic (exact) mass is 179 g/mol. The maximum atomic E-state index is 13.4. The van der Waals surface area contributed by atoms with Crippen molar-refractivity contribution >= 4 is 0 Å². The number of rotatable bonds is 2. The van der Waals surface area contributed by atoms with Crippen molar-refractivity contribution in [3.05, 3.63) is 29.3 Å². The molecule has 0 N–H and O–H groups in total. The van der Waals surface area contributed by atoms with Gasteiger partial charge in [-0.25, -0.2) is 4.39 Å². The predicted molar refractivity (Wildman–Crippen MR) is 50.3 cm³/mol. The van der Waals surface area contributed by atoms with Crippen LogP contribution in [0, 0.1) is 5.82 Å². The third kappa shape index (κ3) is 1.58. The molecule has 0 radical (unpaired) electrons. The van der Waals surface area contributed by atoms with Crippen molar-refractivity contribution < 1.29 is 4.39 Å². The van der Waals surface area contributed by atoms with Crippen molar-refractivity contribution in [2.75, 3.05) is 0 Å². The van der Waals surface area contributed by atoms with Crippen LogP contribution in [0.5, 0.6) is 0 Å². The van der Waals surface area contributed by atoms with Gasteiger partial charge in [0.15, 0.2) is 0 Å². The summed E-state index contributed by atoms with van der Waals surface area (Å²) in [4.78, 5) is 3.91. The van der Waals surface area contributed by atoms with Gasteiger partial charge in [-0.1, -0.05) is 13.8 Å². The van der Waals surface area contributed by atoms with E-state index < -0.39 is 0 Å². The molecule has 1 saturated carbocycles. The van der Waals surface area contributed by atoms with E-state index in [0.29, 0.717) is 5.92 Å². The Bertz CT molecular complexity index is 316. The molecule has 1 heterocycles. The van der Waals surface area contributed by atoms with Gasteiger partial charge in [-0.2, -0.15) is 0 Å². The van der Waals surface area contributed by atoms with E-state index in [-0.39, 0.29) is 11.7 Å². The molecule has 1 aliphatic carbocycles. The second-order valence-corrected chi connectivity index (χ2v) is 4.05. The minimum Gasteiger partial charge on any atom is -0.261 e. The number of hydrogen-bond acceptors (Lipinski definition) is 1. The van der Waals surface area contributed by atoms with E-state index in [1.807, 2.05) is 20.0 Å². The summed E-state index contributed by atoms with van der Waals surface area (Å²) in [6.07, 6.45) is 5.55. The highest BCUT2D eigenvalue weighted by Crippen LogP contribution is 2.43. The van der Waals surface area contributed by atoms with E-state index in [0.717, 1.165) is 11.1 Å². The highest BCUT2D eigenvalue weighted by molar-refractivity contribution is 5.33. The molecule has 0 amide bonds. The number of hydrogen-bond donors (Lipinski definition) is 0. The average molecular weight is 179 g/mol. The summed E-state index contributed by atoms with van der Waals surface area (Å²) in [6.45, 7) is 4.06. The van der Waals surface area contributed by atoms with Crippen LogP contribution in [0.1, 0.15) is 49.7 Å². The molecule has 0 aliphatic heterocycles. The fourth-order valence-electron chi connectivity index (χ4n) is 1.79. The van der Waals surface area contributed by atoms with Crippen molar-refractivity contribution in [3.63, 3.8) is 0 Å². The molecule has 13 heavy (non-hydrogen) atoms. The van der Waals surface area contributed by atoms with Crippen molar-refractivity contribution in [1.29, 1.82) is 0 Å². The van der Waals surface area contributed by atoms with Gasteiger partial charge in [0.2, 0.25) is 0 Å². The molecule has 0 spiro atoms. The first kappa shape index (κ1) is 8.67. The van der Waals surface area contributed by atoms with E-state index >= 15 is 0 Å². The van der Waals surface area contributed by atoms with E-state index in [1.54, 1.807) is 0 Å². The highest BCUT2D eigenvalue weighted by atomic mass is 19.1. The molecular formula is C11H14FN. The van der Waals surface area contributed by atoms with Gasteiger partial charge in [-0.05, 0) is 35.8 Å². The Morgan fingerprint density at radius 1 is 1.38 bits per heavy atom. The Hall–Kier alpha value is -0.920. The minimum absolute atomic E-state index is 0.139. The van der Waals surface area contributed by atoms with Crippen LogP contribution in [-0.4, -0.2) is 4.98 Å². The maximum Gasteiger partial charge on any atom is 0.145 e.